The third-order valence-corrected chi connectivity index (χ3v) is 4.79. The molecule has 0 radical (unpaired) electrons. The molecule has 1 N–H and O–H groups in total. The number of pyridine rings is 1. The Balaban J connectivity index is 1.46. The normalized spacial score (nSPS) is 10.7. The highest BCUT2D eigenvalue weighted by molar-refractivity contribution is 5.87. The van der Waals surface area contributed by atoms with Crippen molar-refractivity contribution in [2.24, 2.45) is 7.05 Å². The molecule has 30 heavy (non-hydrogen) atoms. The van der Waals surface area contributed by atoms with Gasteiger partial charge < -0.3 is 14.0 Å². The number of aryl methyl sites for hydroxylation is 2. The van der Waals surface area contributed by atoms with E-state index in [1.807, 2.05) is 49.4 Å². The minimum Gasteiger partial charge on any atom is -0.490 e. The van der Waals surface area contributed by atoms with E-state index in [9.17, 15) is 4.79 Å². The predicted octanol–water partition coefficient (Wildman–Crippen LogP) is 2.96. The number of nitrogens with zero attached hydrogens (tertiary/aromatic N) is 4. The lowest BCUT2D eigenvalue weighted by Crippen LogP contribution is -2.18. The van der Waals surface area contributed by atoms with Gasteiger partial charge in [-0.05, 0) is 30.7 Å². The van der Waals surface area contributed by atoms with E-state index in [1.54, 1.807) is 17.7 Å². The van der Waals surface area contributed by atoms with Crippen molar-refractivity contribution in [3.8, 4) is 28.8 Å². The highest BCUT2D eigenvalue weighted by Gasteiger charge is 2.11. The maximum atomic E-state index is 12.3. The van der Waals surface area contributed by atoms with Gasteiger partial charge >= 0.3 is 0 Å². The Kier molecular flexibility index (Phi) is 5.18. The number of hydrogen-bond acceptors (Lipinski definition) is 6. The highest BCUT2D eigenvalue weighted by atomic mass is 16.5. The molecule has 4 aromatic rings. The van der Waals surface area contributed by atoms with Crippen molar-refractivity contribution < 1.29 is 9.47 Å². The van der Waals surface area contributed by atoms with Gasteiger partial charge in [0.05, 0.1) is 5.52 Å². The van der Waals surface area contributed by atoms with Crippen molar-refractivity contribution in [2.45, 2.75) is 6.92 Å². The molecule has 0 saturated heterocycles. The fourth-order valence-corrected chi connectivity index (χ4v) is 3.37. The van der Waals surface area contributed by atoms with E-state index < -0.39 is 0 Å². The number of ether oxygens (including phenoxy) is 2. The minimum absolute atomic E-state index is 0.124. The molecule has 8 nitrogen and oxygen atoms in total. The predicted molar refractivity (Wildman–Crippen MR) is 111 cm³/mol. The van der Waals surface area contributed by atoms with Crippen molar-refractivity contribution in [1.82, 2.24) is 20.0 Å². The van der Waals surface area contributed by atoms with Crippen LogP contribution in [0.15, 0.2) is 53.3 Å². The van der Waals surface area contributed by atoms with Gasteiger partial charge in [0.1, 0.15) is 36.5 Å². The van der Waals surface area contributed by atoms with Gasteiger partial charge in [0.2, 0.25) is 0 Å². The molecule has 0 aliphatic heterocycles. The van der Waals surface area contributed by atoms with E-state index in [1.165, 1.54) is 6.07 Å². The average Bonchev–Trinajstić information content (AvgIpc) is 3.23. The lowest BCUT2D eigenvalue weighted by molar-refractivity contribution is 0.218. The summed E-state index contributed by atoms with van der Waals surface area (Å²) in [4.78, 5) is 12.3. The first-order chi connectivity index (χ1) is 14.6. The summed E-state index contributed by atoms with van der Waals surface area (Å²) in [5, 5.41) is 20.3. The molecule has 0 amide bonds. The van der Waals surface area contributed by atoms with Crippen LogP contribution in [0.2, 0.25) is 0 Å². The first-order valence-electron chi connectivity index (χ1n) is 9.34. The smallest absolute Gasteiger partial charge is 0.254 e. The summed E-state index contributed by atoms with van der Waals surface area (Å²) in [5.74, 6) is 1.16. The van der Waals surface area contributed by atoms with E-state index in [0.717, 1.165) is 22.0 Å². The van der Waals surface area contributed by atoms with Crippen LogP contribution in [0.4, 0.5) is 0 Å². The summed E-state index contributed by atoms with van der Waals surface area (Å²) in [6.07, 6.45) is 0. The molecular formula is C22H19N5O3. The van der Waals surface area contributed by atoms with Crippen LogP contribution < -0.4 is 15.0 Å². The Morgan fingerprint density at radius 3 is 2.73 bits per heavy atom. The zero-order chi connectivity index (χ0) is 21.1. The SMILES string of the molecule is Cc1cccc2c(OCCOc3cccc(-c4n[nH]nc4C#N)c3)cc(=O)n(C)c12. The van der Waals surface area contributed by atoms with Crippen LogP contribution in [-0.4, -0.2) is 33.2 Å². The largest absolute Gasteiger partial charge is 0.490 e. The topological polar surface area (TPSA) is 106 Å². The molecule has 0 atom stereocenters. The third-order valence-electron chi connectivity index (χ3n) is 4.79. The number of fused-ring (bicyclic) bond motifs is 1. The molecule has 0 unspecified atom stereocenters. The second-order valence-corrected chi connectivity index (χ2v) is 6.73. The van der Waals surface area contributed by atoms with Crippen LogP contribution in [0, 0.1) is 18.3 Å². The van der Waals surface area contributed by atoms with Gasteiger partial charge in [0.25, 0.3) is 5.56 Å². The maximum Gasteiger partial charge on any atom is 0.254 e. The number of benzene rings is 2. The second kappa shape index (κ2) is 8.09. The first kappa shape index (κ1) is 19.2. The molecular weight excluding hydrogens is 382 g/mol. The third kappa shape index (κ3) is 3.61. The quantitative estimate of drug-likeness (QED) is 0.498. The number of rotatable bonds is 6. The van der Waals surface area contributed by atoms with Crippen LogP contribution in [0.1, 0.15) is 11.3 Å². The van der Waals surface area contributed by atoms with Crippen molar-refractivity contribution in [2.75, 3.05) is 13.2 Å². The van der Waals surface area contributed by atoms with Crippen LogP contribution in [-0.2, 0) is 7.05 Å². The van der Waals surface area contributed by atoms with Crippen molar-refractivity contribution in [1.29, 1.82) is 5.26 Å². The van der Waals surface area contributed by atoms with E-state index in [-0.39, 0.29) is 24.5 Å². The standard InChI is InChI=1S/C22H19N5O3/c1-14-5-3-8-17-19(12-20(28)27(2)22(14)17)30-10-9-29-16-7-4-6-15(11-16)21-18(13-23)24-26-25-21/h3-8,11-12H,9-10H2,1-2H3,(H,24,25,26). The second-order valence-electron chi connectivity index (χ2n) is 6.73. The molecule has 0 bridgehead atoms. The number of aromatic amines is 1. The van der Waals surface area contributed by atoms with Crippen LogP contribution in [0.3, 0.4) is 0 Å². The molecule has 0 spiro atoms. The summed E-state index contributed by atoms with van der Waals surface area (Å²) in [7, 11) is 1.75. The molecule has 2 heterocycles. The highest BCUT2D eigenvalue weighted by Crippen LogP contribution is 2.26. The Labute approximate surface area is 172 Å². The maximum absolute atomic E-state index is 12.3. The summed E-state index contributed by atoms with van der Waals surface area (Å²) in [6, 6.07) is 16.6. The molecule has 150 valence electrons. The van der Waals surface area contributed by atoms with Gasteiger partial charge in [0, 0.05) is 24.1 Å². The molecule has 0 saturated carbocycles. The minimum atomic E-state index is -0.124. The zero-order valence-electron chi connectivity index (χ0n) is 16.5. The van der Waals surface area contributed by atoms with Gasteiger partial charge in [-0.15, -0.1) is 5.10 Å². The summed E-state index contributed by atoms with van der Waals surface area (Å²) < 4.78 is 13.3. The van der Waals surface area contributed by atoms with Crippen LogP contribution >= 0.6 is 0 Å². The Hall–Kier alpha value is -4.12. The number of nitrogens with one attached hydrogen (secondary N) is 1. The first-order valence-corrected chi connectivity index (χ1v) is 9.34. The number of hydrogen-bond donors (Lipinski definition) is 1. The average molecular weight is 401 g/mol. The summed E-state index contributed by atoms with van der Waals surface area (Å²) >= 11 is 0. The van der Waals surface area contributed by atoms with Crippen LogP contribution in [0.25, 0.3) is 22.2 Å². The molecule has 2 aromatic heterocycles. The van der Waals surface area contributed by atoms with Crippen LogP contribution in [0.5, 0.6) is 11.5 Å². The lowest BCUT2D eigenvalue weighted by Gasteiger charge is -2.14. The van der Waals surface area contributed by atoms with Gasteiger partial charge in [-0.1, -0.05) is 24.3 Å². The van der Waals surface area contributed by atoms with Crippen molar-refractivity contribution in [3.63, 3.8) is 0 Å². The lowest BCUT2D eigenvalue weighted by atomic mass is 10.1. The van der Waals surface area contributed by atoms with Gasteiger partial charge in [-0.3, -0.25) is 4.79 Å². The Morgan fingerprint density at radius 1 is 1.10 bits per heavy atom. The zero-order valence-corrected chi connectivity index (χ0v) is 16.5. The molecule has 2 aromatic carbocycles. The number of H-pyrrole nitrogens is 1. The monoisotopic (exact) mass is 401 g/mol. The van der Waals surface area contributed by atoms with Gasteiger partial charge in [-0.25, -0.2) is 0 Å². The van der Waals surface area contributed by atoms with E-state index in [0.29, 0.717) is 17.2 Å². The summed E-state index contributed by atoms with van der Waals surface area (Å²) in [6.45, 7) is 2.53. The Bertz CT molecular complexity index is 1320. The number of nitriles is 1. The molecule has 0 fully saturated rings. The van der Waals surface area contributed by atoms with Gasteiger partial charge in [0.15, 0.2) is 5.69 Å². The summed E-state index contributed by atoms with van der Waals surface area (Å²) in [5.41, 5.74) is 3.17. The van der Waals surface area contributed by atoms with E-state index in [2.05, 4.69) is 15.4 Å². The van der Waals surface area contributed by atoms with E-state index in [4.69, 9.17) is 14.7 Å². The van der Waals surface area contributed by atoms with E-state index >= 15 is 0 Å². The fourth-order valence-electron chi connectivity index (χ4n) is 3.37. The molecule has 8 heteroatoms. The van der Waals surface area contributed by atoms with Gasteiger partial charge in [-0.2, -0.15) is 15.6 Å². The van der Waals surface area contributed by atoms with Crippen molar-refractivity contribution in [3.05, 3.63) is 70.1 Å². The van der Waals surface area contributed by atoms with Crippen molar-refractivity contribution >= 4 is 10.9 Å². The molecule has 0 aliphatic carbocycles. The number of aromatic nitrogens is 4. The number of para-hydroxylation sites is 1. The Morgan fingerprint density at radius 2 is 1.90 bits per heavy atom. The molecule has 4 rings (SSSR count). The molecule has 0 aliphatic rings. The fraction of sp³-hybridized carbons (Fsp3) is 0.182.